The maximum atomic E-state index is 12.7. The van der Waals surface area contributed by atoms with Gasteiger partial charge in [0.2, 0.25) is 15.9 Å². The second-order valence-corrected chi connectivity index (χ2v) is 10.2. The second-order valence-electron chi connectivity index (χ2n) is 8.30. The summed E-state index contributed by atoms with van der Waals surface area (Å²) >= 11 is 0. The first-order chi connectivity index (χ1) is 15.8. The van der Waals surface area contributed by atoms with E-state index in [1.165, 1.54) is 4.31 Å². The minimum absolute atomic E-state index is 0.0319. The van der Waals surface area contributed by atoms with Gasteiger partial charge in [-0.15, -0.1) is 0 Å². The maximum Gasteiger partial charge on any atom is 0.243 e. The van der Waals surface area contributed by atoms with Crippen molar-refractivity contribution in [2.75, 3.05) is 18.4 Å². The number of sulfonamides is 1. The van der Waals surface area contributed by atoms with Crippen molar-refractivity contribution >= 4 is 21.6 Å². The first-order valence-corrected chi connectivity index (χ1v) is 12.5. The Morgan fingerprint density at radius 1 is 1.00 bits per heavy atom. The van der Waals surface area contributed by atoms with Crippen LogP contribution in [0.3, 0.4) is 0 Å². The topological polar surface area (TPSA) is 96.3 Å². The van der Waals surface area contributed by atoms with E-state index in [0.717, 1.165) is 24.1 Å². The van der Waals surface area contributed by atoms with Crippen molar-refractivity contribution in [3.8, 4) is 5.69 Å². The molecule has 4 rings (SSSR count). The van der Waals surface area contributed by atoms with E-state index >= 15 is 0 Å². The zero-order chi connectivity index (χ0) is 23.4. The van der Waals surface area contributed by atoms with Gasteiger partial charge in [-0.25, -0.2) is 13.4 Å². The third-order valence-corrected chi connectivity index (χ3v) is 7.83. The molecule has 3 aromatic rings. The van der Waals surface area contributed by atoms with Gasteiger partial charge >= 0.3 is 0 Å². The number of benzene rings is 2. The summed E-state index contributed by atoms with van der Waals surface area (Å²) in [4.78, 5) is 17.0. The van der Waals surface area contributed by atoms with E-state index in [1.807, 2.05) is 42.0 Å². The third-order valence-electron chi connectivity index (χ3n) is 5.91. The highest BCUT2D eigenvalue weighted by Gasteiger charge is 2.27. The molecule has 2 heterocycles. The van der Waals surface area contributed by atoms with Crippen molar-refractivity contribution in [2.45, 2.75) is 43.7 Å². The predicted octanol–water partition coefficient (Wildman–Crippen LogP) is 3.33. The van der Waals surface area contributed by atoms with Gasteiger partial charge in [0.1, 0.15) is 0 Å². The van der Waals surface area contributed by atoms with Gasteiger partial charge in [-0.1, -0.05) is 12.1 Å². The van der Waals surface area contributed by atoms with Crippen molar-refractivity contribution in [2.24, 2.45) is 0 Å². The number of nitrogens with zero attached hydrogens (tertiary/aromatic N) is 3. The molecule has 2 atom stereocenters. The van der Waals surface area contributed by atoms with Gasteiger partial charge in [0.15, 0.2) is 0 Å². The molecule has 8 nitrogen and oxygen atoms in total. The first kappa shape index (κ1) is 23.2. The zero-order valence-corrected chi connectivity index (χ0v) is 19.6. The zero-order valence-electron chi connectivity index (χ0n) is 18.8. The lowest BCUT2D eigenvalue weighted by atomic mass is 10.1. The Hall–Kier alpha value is -3.01. The van der Waals surface area contributed by atoms with Crippen LogP contribution < -0.4 is 10.6 Å². The van der Waals surface area contributed by atoms with Crippen molar-refractivity contribution in [3.63, 3.8) is 0 Å². The van der Waals surface area contributed by atoms with Crippen molar-refractivity contribution in [3.05, 3.63) is 72.8 Å². The molecule has 0 radical (unpaired) electrons. The largest absolute Gasteiger partial charge is 0.325 e. The van der Waals surface area contributed by atoms with Gasteiger partial charge in [0, 0.05) is 42.9 Å². The number of nitrogens with one attached hydrogen (secondary N) is 2. The Morgan fingerprint density at radius 2 is 1.67 bits per heavy atom. The summed E-state index contributed by atoms with van der Waals surface area (Å²) < 4.78 is 28.7. The number of imidazole rings is 1. The molecule has 1 aliphatic rings. The Balaban J connectivity index is 1.33. The number of anilines is 1. The second kappa shape index (κ2) is 9.86. The van der Waals surface area contributed by atoms with E-state index < -0.39 is 16.1 Å². The van der Waals surface area contributed by atoms with E-state index in [9.17, 15) is 13.2 Å². The number of aromatic nitrogens is 2. The van der Waals surface area contributed by atoms with Crippen LogP contribution in [0, 0.1) is 0 Å². The first-order valence-electron chi connectivity index (χ1n) is 11.1. The highest BCUT2D eigenvalue weighted by atomic mass is 32.2. The average molecular weight is 468 g/mol. The Kier molecular flexibility index (Phi) is 6.92. The fourth-order valence-corrected chi connectivity index (χ4v) is 5.45. The molecule has 33 heavy (non-hydrogen) atoms. The molecular formula is C24H29N5O3S. The minimum Gasteiger partial charge on any atom is -0.325 e. The standard InChI is InChI=1S/C24H29N5O3S/c1-18(20-5-9-22(10-6-20)28-16-13-25-17-28)26-19(2)24(30)27-21-7-11-23(12-8-21)33(31,32)29-14-3-4-15-29/h5-13,16-19,26H,3-4,14-15H2,1-2H3,(H,27,30)/t18-,19+/m1/s1. The third kappa shape index (κ3) is 5.32. The number of amides is 1. The molecule has 0 saturated carbocycles. The summed E-state index contributed by atoms with van der Waals surface area (Å²) in [6.45, 7) is 4.94. The Bertz CT molecular complexity index is 1170. The van der Waals surface area contributed by atoms with Gasteiger partial charge in [-0.2, -0.15) is 4.31 Å². The summed E-state index contributed by atoms with van der Waals surface area (Å²) in [6, 6.07) is 14.0. The fraction of sp³-hybridized carbons (Fsp3) is 0.333. The predicted molar refractivity (Wildman–Crippen MR) is 128 cm³/mol. The van der Waals surface area contributed by atoms with Crippen molar-refractivity contribution < 1.29 is 13.2 Å². The quantitative estimate of drug-likeness (QED) is 0.530. The molecule has 2 N–H and O–H groups in total. The number of rotatable bonds is 8. The number of hydrogen-bond acceptors (Lipinski definition) is 5. The van der Waals surface area contributed by atoms with Crippen LogP contribution >= 0.6 is 0 Å². The molecule has 1 saturated heterocycles. The number of hydrogen-bond donors (Lipinski definition) is 2. The van der Waals surface area contributed by atoms with Gasteiger partial charge in [0.25, 0.3) is 0 Å². The lowest BCUT2D eigenvalue weighted by Gasteiger charge is -2.20. The minimum atomic E-state index is -3.46. The van der Waals surface area contributed by atoms with Crippen LogP contribution in [0.5, 0.6) is 0 Å². The van der Waals surface area contributed by atoms with E-state index in [0.29, 0.717) is 18.8 Å². The molecule has 0 unspecified atom stereocenters. The van der Waals surface area contributed by atoms with Crippen LogP contribution in [0.4, 0.5) is 5.69 Å². The maximum absolute atomic E-state index is 12.7. The highest BCUT2D eigenvalue weighted by Crippen LogP contribution is 2.22. The molecule has 0 aliphatic carbocycles. The van der Waals surface area contributed by atoms with Crippen LogP contribution in [-0.2, 0) is 14.8 Å². The Morgan fingerprint density at radius 3 is 2.27 bits per heavy atom. The van der Waals surface area contributed by atoms with Crippen LogP contribution in [0.25, 0.3) is 5.69 Å². The molecule has 9 heteroatoms. The van der Waals surface area contributed by atoms with Gasteiger partial charge in [-0.05, 0) is 68.7 Å². The lowest BCUT2D eigenvalue weighted by Crippen LogP contribution is -2.39. The summed E-state index contributed by atoms with van der Waals surface area (Å²) in [7, 11) is -3.46. The average Bonchev–Trinajstić information content (AvgIpc) is 3.54. The van der Waals surface area contributed by atoms with Crippen LogP contribution in [-0.4, -0.2) is 47.3 Å². The van der Waals surface area contributed by atoms with Crippen molar-refractivity contribution in [1.82, 2.24) is 19.2 Å². The lowest BCUT2D eigenvalue weighted by molar-refractivity contribution is -0.117. The highest BCUT2D eigenvalue weighted by molar-refractivity contribution is 7.89. The van der Waals surface area contributed by atoms with Crippen LogP contribution in [0.1, 0.15) is 38.3 Å². The van der Waals surface area contributed by atoms with Crippen molar-refractivity contribution in [1.29, 1.82) is 0 Å². The SMILES string of the molecule is C[C@H](N[C@H](C)c1ccc(-n2ccnc2)cc1)C(=O)Nc1ccc(S(=O)(=O)N2CCCC2)cc1. The molecule has 1 aromatic heterocycles. The van der Waals surface area contributed by atoms with E-state index in [-0.39, 0.29) is 16.8 Å². The summed E-state index contributed by atoms with van der Waals surface area (Å²) in [5.41, 5.74) is 2.64. The Labute approximate surface area is 194 Å². The smallest absolute Gasteiger partial charge is 0.243 e. The number of carbonyl (C=O) groups excluding carboxylic acids is 1. The van der Waals surface area contributed by atoms with Crippen LogP contribution in [0.15, 0.2) is 72.1 Å². The molecule has 0 bridgehead atoms. The number of carbonyl (C=O) groups is 1. The molecular weight excluding hydrogens is 438 g/mol. The van der Waals surface area contributed by atoms with E-state index in [2.05, 4.69) is 15.6 Å². The molecule has 1 aliphatic heterocycles. The van der Waals surface area contributed by atoms with Crippen LogP contribution in [0.2, 0.25) is 0 Å². The molecule has 1 fully saturated rings. The van der Waals surface area contributed by atoms with Gasteiger partial charge in [0.05, 0.1) is 17.3 Å². The fourth-order valence-electron chi connectivity index (χ4n) is 3.93. The van der Waals surface area contributed by atoms with E-state index in [1.54, 1.807) is 43.7 Å². The summed E-state index contributed by atoms with van der Waals surface area (Å²) in [6.07, 6.45) is 7.16. The molecule has 2 aromatic carbocycles. The van der Waals surface area contributed by atoms with Gasteiger partial charge < -0.3 is 9.88 Å². The molecule has 1 amide bonds. The summed E-state index contributed by atoms with van der Waals surface area (Å²) in [5.74, 6) is -0.188. The molecule has 0 spiro atoms. The molecule has 174 valence electrons. The normalized spacial score (nSPS) is 16.4. The van der Waals surface area contributed by atoms with Gasteiger partial charge in [-0.3, -0.25) is 10.1 Å². The summed E-state index contributed by atoms with van der Waals surface area (Å²) in [5, 5.41) is 6.16. The monoisotopic (exact) mass is 467 g/mol. The van der Waals surface area contributed by atoms with E-state index in [4.69, 9.17) is 0 Å².